The van der Waals surface area contributed by atoms with E-state index in [2.05, 4.69) is 187 Å². The van der Waals surface area contributed by atoms with Gasteiger partial charge in [0.1, 0.15) is 31.8 Å². The zero-order valence-electron chi connectivity index (χ0n) is 30.5. The summed E-state index contributed by atoms with van der Waals surface area (Å²) in [6.07, 6.45) is 0. The zero-order chi connectivity index (χ0) is 37.2. The van der Waals surface area contributed by atoms with Crippen LogP contribution in [-0.2, 0) is 15.1 Å². The van der Waals surface area contributed by atoms with Crippen molar-refractivity contribution in [2.75, 3.05) is 13.1 Å². The monoisotopic (exact) mass is 841 g/mol. The zero-order valence-corrected chi connectivity index (χ0v) is 35.7. The second-order valence-corrected chi connectivity index (χ2v) is 20.1. The minimum Gasteiger partial charge on any atom is -0.676 e. The molecule has 268 valence electrons. The van der Waals surface area contributed by atoms with Gasteiger partial charge in [-0.05, 0) is 121 Å². The van der Waals surface area contributed by atoms with Crippen molar-refractivity contribution in [1.82, 2.24) is 0 Å². The summed E-state index contributed by atoms with van der Waals surface area (Å²) < 4.78 is 0. The Labute approximate surface area is 325 Å². The van der Waals surface area contributed by atoms with Gasteiger partial charge in [0.05, 0.1) is 15.8 Å². The number of benzene rings is 6. The van der Waals surface area contributed by atoms with Crippen LogP contribution in [0.5, 0.6) is 0 Å². The number of halogens is 2. The summed E-state index contributed by atoms with van der Waals surface area (Å²) >= 11 is -0.346. The molecule has 2 nitrogen and oxygen atoms in total. The average Bonchev–Trinajstić information content (AvgIpc) is 3.14. The molecule has 0 aliphatic rings. The van der Waals surface area contributed by atoms with Crippen LogP contribution in [0.2, 0.25) is 0 Å². The van der Waals surface area contributed by atoms with Crippen molar-refractivity contribution in [2.45, 2.75) is 41.5 Å². The van der Waals surface area contributed by atoms with Gasteiger partial charge in [-0.15, -0.1) is 6.54 Å². The van der Waals surface area contributed by atoms with Gasteiger partial charge in [0, 0.05) is 0 Å². The van der Waals surface area contributed by atoms with Crippen LogP contribution in [0.1, 0.15) is 33.4 Å². The van der Waals surface area contributed by atoms with E-state index in [0.29, 0.717) is 13.1 Å². The van der Waals surface area contributed by atoms with Crippen LogP contribution in [0.3, 0.4) is 0 Å². The van der Waals surface area contributed by atoms with Crippen molar-refractivity contribution in [3.63, 3.8) is 0 Å². The molecule has 6 rings (SSSR count). The van der Waals surface area contributed by atoms with Gasteiger partial charge in [0.15, 0.2) is 0 Å². The Kier molecular flexibility index (Phi) is 19.3. The SMILES string of the molecule is Cc1ccc([PH+](c2ccc(C)cc2)c2ccc(C)cc2)cc1.Cc1ccc([PH+](c2ccc(C)cc2)c2ccc(C)cc2)cc1.[Cl][Ru][Cl].[NH-]CCN. The molecule has 0 unspecified atom stereocenters. The van der Waals surface area contributed by atoms with E-state index in [4.69, 9.17) is 30.8 Å². The molecule has 0 bridgehead atoms. The molecule has 6 aromatic carbocycles. The van der Waals surface area contributed by atoms with Crippen LogP contribution in [-0.4, -0.2) is 13.1 Å². The Morgan fingerprint density at radius 1 is 0.392 bits per heavy atom. The largest absolute Gasteiger partial charge is 0.676 e. The Morgan fingerprint density at radius 3 is 0.608 bits per heavy atom. The van der Waals surface area contributed by atoms with Crippen LogP contribution < -0.4 is 37.6 Å². The van der Waals surface area contributed by atoms with E-state index in [-0.39, 0.29) is 15.1 Å². The molecule has 0 atom stereocenters. The maximum absolute atomic E-state index is 6.33. The molecule has 0 saturated carbocycles. The molecule has 0 amide bonds. The van der Waals surface area contributed by atoms with E-state index in [1.54, 1.807) is 0 Å². The number of hydrogen-bond acceptors (Lipinski definition) is 1. The topological polar surface area (TPSA) is 49.8 Å². The fraction of sp³-hybridized carbons (Fsp3) is 0.182. The number of nitrogens with two attached hydrogens (primary N) is 1. The van der Waals surface area contributed by atoms with E-state index in [1.807, 2.05) is 0 Å². The molecule has 3 N–H and O–H groups in total. The first-order valence-corrected chi connectivity index (χ1v) is 24.4. The van der Waals surface area contributed by atoms with Gasteiger partial charge in [-0.3, -0.25) is 0 Å². The summed E-state index contributed by atoms with van der Waals surface area (Å²) in [4.78, 5) is 0. The standard InChI is InChI=1S/2C21H21P.C2H7N2.2ClH.Ru/c2*1-16-4-10-19(11-5-16)22(20-12-6-17(2)7-13-20)21-14-8-18(3)9-15-21;3-1-2-4;;;/h2*4-15H,1-3H3;3H,1-2,4H2;2*1H;/q;;-1;;;+2. The van der Waals surface area contributed by atoms with Crippen molar-refractivity contribution >= 4 is 67.1 Å². The molecule has 7 heteroatoms. The average molecular weight is 842 g/mol. The minimum atomic E-state index is -0.927. The third kappa shape index (κ3) is 14.3. The second-order valence-electron chi connectivity index (χ2n) is 12.5. The molecule has 0 aliphatic carbocycles. The van der Waals surface area contributed by atoms with Crippen LogP contribution in [0, 0.1) is 41.5 Å². The predicted octanol–water partition coefficient (Wildman–Crippen LogP) is 9.58. The summed E-state index contributed by atoms with van der Waals surface area (Å²) in [7, 11) is 7.85. The molecular formula is C44H51Cl2N2P2Ru+. The van der Waals surface area contributed by atoms with Gasteiger partial charge in [0.2, 0.25) is 0 Å². The number of hydrogen-bond donors (Lipinski definition) is 1. The van der Waals surface area contributed by atoms with Gasteiger partial charge in [-0.1, -0.05) is 106 Å². The van der Waals surface area contributed by atoms with Crippen LogP contribution in [0.4, 0.5) is 0 Å². The smallest absolute Gasteiger partial charge is 0.0268 e. The predicted molar refractivity (Wildman–Crippen MR) is 231 cm³/mol. The molecule has 0 aliphatic heterocycles. The quantitative estimate of drug-likeness (QED) is 0.126. The normalized spacial score (nSPS) is 10.4. The third-order valence-corrected chi connectivity index (χ3v) is 13.6. The number of rotatable bonds is 7. The first-order valence-electron chi connectivity index (χ1n) is 17.0. The molecule has 6 aromatic rings. The minimum absolute atomic E-state index is 0.346. The van der Waals surface area contributed by atoms with Gasteiger partial charge in [0.25, 0.3) is 0 Å². The van der Waals surface area contributed by atoms with E-state index >= 15 is 0 Å². The summed E-state index contributed by atoms with van der Waals surface area (Å²) in [5, 5.41) is 8.69. The van der Waals surface area contributed by atoms with Crippen LogP contribution in [0.25, 0.3) is 5.73 Å². The second kappa shape index (κ2) is 23.1. The number of nitrogens with one attached hydrogen (secondary N) is 1. The molecule has 51 heavy (non-hydrogen) atoms. The Bertz CT molecular complexity index is 1480. The van der Waals surface area contributed by atoms with E-state index in [9.17, 15) is 0 Å². The number of aryl methyl sites for hydroxylation is 6. The van der Waals surface area contributed by atoms with Crippen molar-refractivity contribution in [1.29, 1.82) is 0 Å². The van der Waals surface area contributed by atoms with E-state index in [0.717, 1.165) is 0 Å². The van der Waals surface area contributed by atoms with Gasteiger partial charge in [-0.25, -0.2) is 0 Å². The van der Waals surface area contributed by atoms with Crippen LogP contribution >= 0.6 is 35.2 Å². The van der Waals surface area contributed by atoms with Gasteiger partial charge < -0.3 is 11.5 Å². The molecule has 0 fully saturated rings. The van der Waals surface area contributed by atoms with Crippen molar-refractivity contribution in [3.05, 3.63) is 185 Å². The Balaban J connectivity index is 0.000000233. The molecular weight excluding hydrogens is 790 g/mol. The Hall–Kier alpha value is -2.70. The maximum Gasteiger partial charge on any atom is -0.0268 e. The summed E-state index contributed by atoms with van der Waals surface area (Å²) in [5.74, 6) is 0. The first kappa shape index (κ1) is 42.7. The molecule has 0 spiro atoms. The molecule has 0 radical (unpaired) electrons. The van der Waals surface area contributed by atoms with Crippen molar-refractivity contribution < 1.29 is 15.1 Å². The van der Waals surface area contributed by atoms with Crippen molar-refractivity contribution in [2.24, 2.45) is 5.73 Å². The fourth-order valence-electron chi connectivity index (χ4n) is 5.32. The molecule has 0 saturated heterocycles. The van der Waals surface area contributed by atoms with E-state index in [1.165, 1.54) is 65.2 Å². The molecule has 0 heterocycles. The third-order valence-electron chi connectivity index (χ3n) is 8.19. The van der Waals surface area contributed by atoms with E-state index < -0.39 is 15.8 Å². The van der Waals surface area contributed by atoms with Crippen LogP contribution in [0.15, 0.2) is 146 Å². The summed E-state index contributed by atoms with van der Waals surface area (Å²) in [6.45, 7) is 13.7. The fourth-order valence-corrected chi connectivity index (χ4v) is 10.3. The van der Waals surface area contributed by atoms with Crippen molar-refractivity contribution in [3.8, 4) is 0 Å². The Morgan fingerprint density at radius 2 is 0.510 bits per heavy atom. The first-order chi connectivity index (χ1) is 24.6. The summed E-state index contributed by atoms with van der Waals surface area (Å²) in [6, 6.07) is 54.2. The van der Waals surface area contributed by atoms with Gasteiger partial charge in [-0.2, -0.15) is 0 Å². The maximum atomic E-state index is 6.33. The molecule has 0 aromatic heterocycles. The van der Waals surface area contributed by atoms with Gasteiger partial charge >= 0.3 is 34.5 Å². The summed E-state index contributed by atoms with van der Waals surface area (Å²) in [5.41, 5.74) is 19.1.